The average molecular weight is 372 g/mol. The molecule has 4 rings (SSSR count). The molecule has 26 heavy (non-hydrogen) atoms. The van der Waals surface area contributed by atoms with Crippen molar-refractivity contribution in [3.63, 3.8) is 0 Å². The Bertz CT molecular complexity index is 974. The number of rotatable bonds is 5. The third kappa shape index (κ3) is 2.60. The van der Waals surface area contributed by atoms with Gasteiger partial charge in [0.1, 0.15) is 5.78 Å². The van der Waals surface area contributed by atoms with E-state index in [9.17, 15) is 13.2 Å². The molecule has 2 aliphatic rings. The molecule has 0 saturated heterocycles. The molecule has 1 N–H and O–H groups in total. The summed E-state index contributed by atoms with van der Waals surface area (Å²) in [6.07, 6.45) is 2.18. The van der Waals surface area contributed by atoms with Gasteiger partial charge in [-0.05, 0) is 40.5 Å². The highest BCUT2D eigenvalue weighted by atomic mass is 32.2. The molecule has 2 atom stereocenters. The summed E-state index contributed by atoms with van der Waals surface area (Å²) < 4.78 is 28.4. The van der Waals surface area contributed by atoms with Crippen LogP contribution in [0.15, 0.2) is 42.5 Å². The Kier molecular flexibility index (Phi) is 4.01. The molecule has 0 aliphatic heterocycles. The van der Waals surface area contributed by atoms with Crippen molar-refractivity contribution in [2.45, 2.75) is 39.7 Å². The van der Waals surface area contributed by atoms with Crippen LogP contribution in [-0.2, 0) is 21.4 Å². The van der Waals surface area contributed by atoms with Gasteiger partial charge in [-0.3, -0.25) is 4.79 Å². The summed E-state index contributed by atoms with van der Waals surface area (Å²) >= 11 is 0. The van der Waals surface area contributed by atoms with Crippen LogP contribution in [0.25, 0.3) is 10.8 Å². The molecule has 0 spiro atoms. The number of nitrogens with one attached hydrogen (secondary N) is 1. The van der Waals surface area contributed by atoms with Crippen molar-refractivity contribution in [2.24, 2.45) is 16.7 Å². The fourth-order valence-corrected chi connectivity index (χ4v) is 6.92. The average Bonchev–Trinajstić information content (AvgIpc) is 2.94. The third-order valence-corrected chi connectivity index (χ3v) is 8.40. The topological polar surface area (TPSA) is 63.2 Å². The van der Waals surface area contributed by atoms with Crippen molar-refractivity contribution in [1.82, 2.24) is 4.72 Å². The Balaban J connectivity index is 1.56. The van der Waals surface area contributed by atoms with Crippen LogP contribution in [0.2, 0.25) is 0 Å². The Morgan fingerprint density at radius 2 is 1.85 bits per heavy atom. The van der Waals surface area contributed by atoms with Crippen molar-refractivity contribution in [2.75, 3.05) is 5.75 Å². The van der Waals surface area contributed by atoms with Crippen LogP contribution < -0.4 is 4.72 Å². The number of benzene rings is 2. The Hall–Kier alpha value is -1.72. The Labute approximate surface area is 155 Å². The van der Waals surface area contributed by atoms with Gasteiger partial charge in [-0.25, -0.2) is 13.1 Å². The number of carbonyl (C=O) groups excluding carboxylic acids is 1. The molecule has 2 aromatic rings. The quantitative estimate of drug-likeness (QED) is 0.872. The van der Waals surface area contributed by atoms with Crippen LogP contribution in [0.5, 0.6) is 0 Å². The molecule has 2 saturated carbocycles. The van der Waals surface area contributed by atoms with Crippen molar-refractivity contribution in [3.05, 3.63) is 48.0 Å². The van der Waals surface area contributed by atoms with E-state index >= 15 is 0 Å². The zero-order chi connectivity index (χ0) is 18.6. The summed E-state index contributed by atoms with van der Waals surface area (Å²) in [6, 6.07) is 13.9. The number of ketones is 1. The van der Waals surface area contributed by atoms with Crippen molar-refractivity contribution >= 4 is 26.6 Å². The lowest BCUT2D eigenvalue weighted by molar-refractivity contribution is -0.128. The zero-order valence-corrected chi connectivity index (χ0v) is 16.1. The maximum Gasteiger partial charge on any atom is 0.212 e. The van der Waals surface area contributed by atoms with Gasteiger partial charge < -0.3 is 0 Å². The smallest absolute Gasteiger partial charge is 0.212 e. The highest BCUT2D eigenvalue weighted by Gasteiger charge is 2.65. The van der Waals surface area contributed by atoms with E-state index in [2.05, 4.69) is 18.6 Å². The monoisotopic (exact) mass is 371 g/mol. The van der Waals surface area contributed by atoms with E-state index in [0.29, 0.717) is 18.8 Å². The van der Waals surface area contributed by atoms with E-state index in [1.54, 1.807) is 0 Å². The van der Waals surface area contributed by atoms with Crippen LogP contribution in [0.4, 0.5) is 0 Å². The number of fused-ring (bicyclic) bond motifs is 3. The molecule has 2 aromatic carbocycles. The molecule has 0 amide bonds. The Morgan fingerprint density at radius 3 is 2.54 bits per heavy atom. The van der Waals surface area contributed by atoms with Crippen LogP contribution in [0.1, 0.15) is 38.7 Å². The SMILES string of the molecule is CC1(C)[C@H]2CC[C@@]1(CS(=O)(=O)NCc1cccc3ccccc13)C(=O)C2. The van der Waals surface area contributed by atoms with Crippen molar-refractivity contribution < 1.29 is 13.2 Å². The zero-order valence-electron chi connectivity index (χ0n) is 15.3. The summed E-state index contributed by atoms with van der Waals surface area (Å²) in [5.41, 5.74) is -0.00828. The van der Waals surface area contributed by atoms with Gasteiger partial charge in [-0.2, -0.15) is 0 Å². The predicted molar refractivity (Wildman–Crippen MR) is 103 cm³/mol. The summed E-state index contributed by atoms with van der Waals surface area (Å²) in [5.74, 6) is 0.366. The lowest BCUT2D eigenvalue weighted by Crippen LogP contribution is -2.45. The molecule has 2 fully saturated rings. The molecular formula is C21H25NO3S. The summed E-state index contributed by atoms with van der Waals surface area (Å²) in [6.45, 7) is 4.38. The predicted octanol–water partition coefficient (Wildman–Crippen LogP) is 3.65. The van der Waals surface area contributed by atoms with Crippen molar-refractivity contribution in [1.29, 1.82) is 0 Å². The first-order valence-electron chi connectivity index (χ1n) is 9.22. The molecule has 0 heterocycles. The minimum atomic E-state index is -3.55. The van der Waals surface area contributed by atoms with E-state index in [1.165, 1.54) is 0 Å². The molecule has 0 unspecified atom stereocenters. The minimum Gasteiger partial charge on any atom is -0.299 e. The van der Waals surface area contributed by atoms with Gasteiger partial charge in [-0.1, -0.05) is 56.3 Å². The number of sulfonamides is 1. The van der Waals surface area contributed by atoms with E-state index in [-0.39, 0.29) is 23.5 Å². The second-order valence-electron chi connectivity index (χ2n) is 8.39. The number of Topliss-reactive ketones (excluding diaryl/α,β-unsaturated/α-hetero) is 1. The molecule has 5 heteroatoms. The normalized spacial score (nSPS) is 27.3. The lowest BCUT2D eigenvalue weighted by Gasteiger charge is -2.36. The van der Waals surface area contributed by atoms with Gasteiger partial charge in [0.2, 0.25) is 10.0 Å². The third-order valence-electron chi connectivity index (χ3n) is 6.94. The highest BCUT2D eigenvalue weighted by molar-refractivity contribution is 7.89. The largest absolute Gasteiger partial charge is 0.299 e. The van der Waals surface area contributed by atoms with Crippen LogP contribution in [0, 0.1) is 16.7 Å². The van der Waals surface area contributed by atoms with Crippen molar-refractivity contribution in [3.8, 4) is 0 Å². The van der Waals surface area contributed by atoms with Gasteiger partial charge in [0.15, 0.2) is 0 Å². The maximum atomic E-state index is 12.8. The molecule has 4 nitrogen and oxygen atoms in total. The van der Waals surface area contributed by atoms with Gasteiger partial charge in [0.25, 0.3) is 0 Å². The first-order chi connectivity index (χ1) is 12.3. The fraction of sp³-hybridized carbons (Fsp3) is 0.476. The first kappa shape index (κ1) is 17.7. The van der Waals surface area contributed by atoms with Crippen LogP contribution >= 0.6 is 0 Å². The highest BCUT2D eigenvalue weighted by Crippen LogP contribution is 2.64. The number of hydrogen-bond acceptors (Lipinski definition) is 3. The fourth-order valence-electron chi connectivity index (χ4n) is 5.12. The van der Waals surface area contributed by atoms with Crippen LogP contribution in [0.3, 0.4) is 0 Å². The molecule has 2 bridgehead atoms. The number of carbonyl (C=O) groups is 1. The second-order valence-corrected chi connectivity index (χ2v) is 10.2. The first-order valence-corrected chi connectivity index (χ1v) is 10.9. The van der Waals surface area contributed by atoms with E-state index < -0.39 is 15.4 Å². The summed E-state index contributed by atoms with van der Waals surface area (Å²) in [4.78, 5) is 12.6. The molecule has 138 valence electrons. The van der Waals surface area contributed by atoms with E-state index in [4.69, 9.17) is 0 Å². The summed E-state index contributed by atoms with van der Waals surface area (Å²) in [5, 5.41) is 2.14. The Morgan fingerprint density at radius 1 is 1.12 bits per heavy atom. The van der Waals surface area contributed by atoms with Crippen LogP contribution in [-0.4, -0.2) is 20.0 Å². The molecule has 2 aliphatic carbocycles. The molecule has 0 aromatic heterocycles. The molecule has 0 radical (unpaired) electrons. The molecular weight excluding hydrogens is 346 g/mol. The van der Waals surface area contributed by atoms with E-state index in [1.807, 2.05) is 42.5 Å². The van der Waals surface area contributed by atoms with Gasteiger partial charge in [0.05, 0.1) is 5.75 Å². The van der Waals surface area contributed by atoms with E-state index in [0.717, 1.165) is 22.8 Å². The second kappa shape index (κ2) is 5.89. The summed E-state index contributed by atoms with van der Waals surface area (Å²) in [7, 11) is -3.55. The van der Waals surface area contributed by atoms with Gasteiger partial charge in [-0.15, -0.1) is 0 Å². The van der Waals surface area contributed by atoms with Gasteiger partial charge in [0, 0.05) is 18.4 Å². The minimum absolute atomic E-state index is 0.0902. The standard InChI is InChI=1S/C21H25NO3S/c1-20(2)17-10-11-21(20,19(23)12-17)14-26(24,25)22-13-16-8-5-7-15-6-3-4-9-18(15)16/h3-9,17,22H,10-14H2,1-2H3/t17-,21+/m0/s1. The maximum absolute atomic E-state index is 12.8. The number of hydrogen-bond donors (Lipinski definition) is 1. The van der Waals surface area contributed by atoms with Gasteiger partial charge >= 0.3 is 0 Å². The lowest BCUT2D eigenvalue weighted by atomic mass is 9.70.